The van der Waals surface area contributed by atoms with Crippen LogP contribution in [0.25, 0.3) is 0 Å². The average Bonchev–Trinajstić information content (AvgIpc) is 3.12. The Balaban J connectivity index is 1.84. The molecule has 0 aliphatic heterocycles. The van der Waals surface area contributed by atoms with E-state index in [1.165, 1.54) is 21.9 Å². The van der Waals surface area contributed by atoms with E-state index in [0.717, 1.165) is 30.2 Å². The first-order valence-corrected chi connectivity index (χ1v) is 12.0. The van der Waals surface area contributed by atoms with Crippen molar-refractivity contribution in [2.75, 3.05) is 10.6 Å². The number of carbonyl (C=O) groups is 1. The first-order valence-electron chi connectivity index (χ1n) is 10.2. The Morgan fingerprint density at radius 2 is 1.86 bits per heavy atom. The molecule has 2 aromatic rings. The molecule has 2 aromatic carbocycles. The highest BCUT2D eigenvalue weighted by Crippen LogP contribution is 2.27. The van der Waals surface area contributed by atoms with Crippen molar-refractivity contribution in [2.24, 2.45) is 0 Å². The van der Waals surface area contributed by atoms with Gasteiger partial charge in [-0.05, 0) is 73.9 Å². The van der Waals surface area contributed by atoms with Gasteiger partial charge < -0.3 is 5.32 Å². The van der Waals surface area contributed by atoms with E-state index >= 15 is 0 Å². The van der Waals surface area contributed by atoms with E-state index in [1.807, 2.05) is 26.8 Å². The molecule has 0 heterocycles. The molecule has 2 atom stereocenters. The van der Waals surface area contributed by atoms with Crippen molar-refractivity contribution in [1.82, 2.24) is 5.32 Å². The Labute approximate surface area is 174 Å². The van der Waals surface area contributed by atoms with Gasteiger partial charge in [-0.15, -0.1) is 0 Å². The molecule has 29 heavy (non-hydrogen) atoms. The van der Waals surface area contributed by atoms with Crippen LogP contribution in [0.3, 0.4) is 0 Å². The van der Waals surface area contributed by atoms with Gasteiger partial charge in [0.25, 0.3) is 0 Å². The van der Waals surface area contributed by atoms with Crippen LogP contribution in [0.4, 0.5) is 5.69 Å². The molecule has 1 amide bonds. The van der Waals surface area contributed by atoms with Gasteiger partial charge in [0.05, 0.1) is 18.0 Å². The van der Waals surface area contributed by atoms with Crippen LogP contribution in [-0.4, -0.2) is 26.6 Å². The maximum Gasteiger partial charge on any atom is 0.244 e. The second-order valence-electron chi connectivity index (χ2n) is 7.93. The molecule has 0 radical (unpaired) electrons. The van der Waals surface area contributed by atoms with Crippen LogP contribution < -0.4 is 9.62 Å². The molecule has 0 bridgehead atoms. The molecule has 5 nitrogen and oxygen atoms in total. The number of aryl methyl sites for hydroxylation is 3. The largest absolute Gasteiger partial charge is 0.348 e. The molecule has 1 N–H and O–H groups in total. The lowest BCUT2D eigenvalue weighted by molar-refractivity contribution is -0.122. The Bertz CT molecular complexity index is 1000. The summed E-state index contributed by atoms with van der Waals surface area (Å²) < 4.78 is 26.4. The number of rotatable bonds is 7. The number of nitrogens with one attached hydrogen (secondary N) is 1. The molecule has 3 rings (SSSR count). The lowest BCUT2D eigenvalue weighted by Crippen LogP contribution is -2.49. The summed E-state index contributed by atoms with van der Waals surface area (Å²) in [6.07, 6.45) is 4.90. The number of benzene rings is 2. The summed E-state index contributed by atoms with van der Waals surface area (Å²) in [5.74, 6) is -0.285. The SMILES string of the molecule is CC[C@H](C(=O)N[C@H](C)c1ccc2c(c1)CCC2)N(c1cccc(C)c1)S(C)(=O)=O. The second-order valence-corrected chi connectivity index (χ2v) is 9.79. The van der Waals surface area contributed by atoms with Crippen molar-refractivity contribution >= 4 is 21.6 Å². The van der Waals surface area contributed by atoms with Crippen molar-refractivity contribution in [3.63, 3.8) is 0 Å². The van der Waals surface area contributed by atoms with Crippen LogP contribution in [0.5, 0.6) is 0 Å². The fraction of sp³-hybridized carbons (Fsp3) is 0.435. The summed E-state index contributed by atoms with van der Waals surface area (Å²) >= 11 is 0. The second kappa shape index (κ2) is 8.57. The molecule has 0 fully saturated rings. The lowest BCUT2D eigenvalue weighted by Gasteiger charge is -2.31. The predicted molar refractivity (Wildman–Crippen MR) is 118 cm³/mol. The minimum atomic E-state index is -3.63. The summed E-state index contributed by atoms with van der Waals surface area (Å²) in [6.45, 7) is 5.68. The summed E-state index contributed by atoms with van der Waals surface area (Å²) in [5.41, 5.74) is 5.25. The van der Waals surface area contributed by atoms with Gasteiger partial charge in [0.1, 0.15) is 6.04 Å². The molecule has 0 spiro atoms. The summed E-state index contributed by atoms with van der Waals surface area (Å²) in [5, 5.41) is 3.03. The van der Waals surface area contributed by atoms with Crippen LogP contribution in [0.1, 0.15) is 55.0 Å². The number of amides is 1. The zero-order chi connectivity index (χ0) is 21.2. The number of hydrogen-bond acceptors (Lipinski definition) is 3. The van der Waals surface area contributed by atoms with Gasteiger partial charge in [0.15, 0.2) is 0 Å². The van der Waals surface area contributed by atoms with Gasteiger partial charge in [0.2, 0.25) is 15.9 Å². The van der Waals surface area contributed by atoms with E-state index in [1.54, 1.807) is 18.2 Å². The van der Waals surface area contributed by atoms with Gasteiger partial charge in [-0.1, -0.05) is 37.3 Å². The van der Waals surface area contributed by atoms with Crippen molar-refractivity contribution in [3.8, 4) is 0 Å². The standard InChI is InChI=1S/C23H30N2O3S/c1-5-22(25(29(4,27)28)21-11-6-8-16(2)14-21)23(26)24-17(3)19-13-12-18-9-7-10-20(18)15-19/h6,8,11-15,17,22H,5,7,9-10H2,1-4H3,(H,24,26)/t17-,22-/m1/s1. The van der Waals surface area contributed by atoms with E-state index in [0.29, 0.717) is 12.1 Å². The van der Waals surface area contributed by atoms with E-state index in [-0.39, 0.29) is 11.9 Å². The van der Waals surface area contributed by atoms with Gasteiger partial charge in [-0.2, -0.15) is 0 Å². The quantitative estimate of drug-likeness (QED) is 0.747. The minimum Gasteiger partial charge on any atom is -0.348 e. The number of hydrogen-bond donors (Lipinski definition) is 1. The monoisotopic (exact) mass is 414 g/mol. The molecule has 156 valence electrons. The molecule has 1 aliphatic carbocycles. The first kappa shape index (κ1) is 21.4. The van der Waals surface area contributed by atoms with E-state index < -0.39 is 16.1 Å². The molecule has 0 aromatic heterocycles. The third-order valence-electron chi connectivity index (χ3n) is 5.57. The molecule has 0 saturated carbocycles. The number of carbonyl (C=O) groups excluding carboxylic acids is 1. The van der Waals surface area contributed by atoms with Gasteiger partial charge >= 0.3 is 0 Å². The maximum atomic E-state index is 13.1. The normalized spacial score (nSPS) is 15.4. The predicted octanol–water partition coefficient (Wildman–Crippen LogP) is 3.91. The number of sulfonamides is 1. The Morgan fingerprint density at radius 1 is 1.14 bits per heavy atom. The highest BCUT2D eigenvalue weighted by Gasteiger charge is 2.32. The van der Waals surface area contributed by atoms with E-state index in [9.17, 15) is 13.2 Å². The van der Waals surface area contributed by atoms with Crippen molar-refractivity contribution < 1.29 is 13.2 Å². The molecular formula is C23H30N2O3S. The summed E-state index contributed by atoms with van der Waals surface area (Å²) in [6, 6.07) is 12.6. The number of fused-ring (bicyclic) bond motifs is 1. The van der Waals surface area contributed by atoms with Crippen molar-refractivity contribution in [1.29, 1.82) is 0 Å². The number of nitrogens with zero attached hydrogens (tertiary/aromatic N) is 1. The zero-order valence-corrected chi connectivity index (χ0v) is 18.4. The fourth-order valence-electron chi connectivity index (χ4n) is 4.08. The summed E-state index contributed by atoms with van der Waals surface area (Å²) in [4.78, 5) is 13.1. The van der Waals surface area contributed by atoms with Crippen LogP contribution in [0.15, 0.2) is 42.5 Å². The zero-order valence-electron chi connectivity index (χ0n) is 17.6. The van der Waals surface area contributed by atoms with Crippen LogP contribution in [-0.2, 0) is 27.7 Å². The van der Waals surface area contributed by atoms with Gasteiger partial charge in [-0.3, -0.25) is 9.10 Å². The topological polar surface area (TPSA) is 66.5 Å². The fourth-order valence-corrected chi connectivity index (χ4v) is 5.28. The molecule has 0 saturated heterocycles. The van der Waals surface area contributed by atoms with E-state index in [2.05, 4.69) is 23.5 Å². The Morgan fingerprint density at radius 3 is 2.52 bits per heavy atom. The highest BCUT2D eigenvalue weighted by atomic mass is 32.2. The minimum absolute atomic E-state index is 0.193. The third kappa shape index (κ3) is 4.81. The van der Waals surface area contributed by atoms with Crippen molar-refractivity contribution in [3.05, 3.63) is 64.7 Å². The van der Waals surface area contributed by atoms with Crippen LogP contribution in [0, 0.1) is 6.92 Å². The maximum absolute atomic E-state index is 13.1. The van der Waals surface area contributed by atoms with Gasteiger partial charge in [0, 0.05) is 0 Å². The van der Waals surface area contributed by atoms with Crippen LogP contribution >= 0.6 is 0 Å². The first-order chi connectivity index (χ1) is 13.7. The molecule has 1 aliphatic rings. The molecule has 0 unspecified atom stereocenters. The highest BCUT2D eigenvalue weighted by molar-refractivity contribution is 7.92. The molecule has 6 heteroatoms. The van der Waals surface area contributed by atoms with Crippen molar-refractivity contribution in [2.45, 2.75) is 58.5 Å². The third-order valence-corrected chi connectivity index (χ3v) is 6.75. The van der Waals surface area contributed by atoms with E-state index in [4.69, 9.17) is 0 Å². The summed E-state index contributed by atoms with van der Waals surface area (Å²) in [7, 11) is -3.63. The smallest absolute Gasteiger partial charge is 0.244 e. The van der Waals surface area contributed by atoms with Crippen LogP contribution in [0.2, 0.25) is 0 Å². The average molecular weight is 415 g/mol. The Hall–Kier alpha value is -2.34. The van der Waals surface area contributed by atoms with Gasteiger partial charge in [-0.25, -0.2) is 8.42 Å². The Kier molecular flexibility index (Phi) is 6.32. The lowest BCUT2D eigenvalue weighted by atomic mass is 10.0. The molecular weight excluding hydrogens is 384 g/mol. The number of anilines is 1.